The topological polar surface area (TPSA) is 56.9 Å². The van der Waals surface area contributed by atoms with Crippen LogP contribution in [-0.2, 0) is 0 Å². The van der Waals surface area contributed by atoms with Crippen molar-refractivity contribution >= 4 is 0 Å². The van der Waals surface area contributed by atoms with Crippen LogP contribution in [0.25, 0.3) is 11.3 Å². The second-order valence-corrected chi connectivity index (χ2v) is 4.83. The van der Waals surface area contributed by atoms with Gasteiger partial charge in [-0.15, -0.1) is 0 Å². The highest BCUT2D eigenvalue weighted by Crippen LogP contribution is 2.31. The Bertz CT molecular complexity index is 671. The Balaban J connectivity index is 2.76. The first-order chi connectivity index (χ1) is 8.95. The van der Waals surface area contributed by atoms with E-state index in [4.69, 9.17) is 5.26 Å². The number of aromatic nitrogens is 1. The molecule has 1 aromatic heterocycles. The minimum atomic E-state index is -0.0778. The maximum Gasteiger partial charge on any atom is 0.151 e. The summed E-state index contributed by atoms with van der Waals surface area (Å²) in [6.45, 7) is 8.24. The summed E-state index contributed by atoms with van der Waals surface area (Å²) in [5.41, 5.74) is 6.75. The smallest absolute Gasteiger partial charge is 0.151 e. The van der Waals surface area contributed by atoms with Crippen LogP contribution in [0.2, 0.25) is 0 Å². The predicted octanol–water partition coefficient (Wildman–Crippen LogP) is 3.56. The van der Waals surface area contributed by atoms with E-state index in [0.717, 1.165) is 22.4 Å². The molecule has 19 heavy (non-hydrogen) atoms. The number of aromatic hydroxyl groups is 1. The van der Waals surface area contributed by atoms with Crippen LogP contribution < -0.4 is 0 Å². The molecule has 0 saturated heterocycles. The van der Waals surface area contributed by atoms with E-state index in [1.54, 1.807) is 6.07 Å². The molecule has 1 N–H and O–H groups in total. The number of rotatable bonds is 1. The van der Waals surface area contributed by atoms with Crippen molar-refractivity contribution in [3.05, 3.63) is 46.1 Å². The monoisotopic (exact) mass is 252 g/mol. The molecule has 0 atom stereocenters. The van der Waals surface area contributed by atoms with E-state index in [9.17, 15) is 5.11 Å². The van der Waals surface area contributed by atoms with Crippen molar-refractivity contribution in [2.45, 2.75) is 27.7 Å². The molecule has 0 bridgehead atoms. The summed E-state index contributed by atoms with van der Waals surface area (Å²) in [5.74, 6) is -0.0778. The van der Waals surface area contributed by atoms with Gasteiger partial charge in [0.15, 0.2) is 5.75 Å². The third-order valence-corrected chi connectivity index (χ3v) is 3.63. The number of hydrogen-bond acceptors (Lipinski definition) is 3. The number of nitrogens with zero attached hydrogens (tertiary/aromatic N) is 2. The molecular weight excluding hydrogens is 236 g/mol. The van der Waals surface area contributed by atoms with E-state index in [1.165, 1.54) is 17.3 Å². The van der Waals surface area contributed by atoms with Gasteiger partial charge < -0.3 is 5.11 Å². The van der Waals surface area contributed by atoms with Gasteiger partial charge in [0.2, 0.25) is 0 Å². The van der Waals surface area contributed by atoms with Gasteiger partial charge in [0.1, 0.15) is 6.07 Å². The second-order valence-electron chi connectivity index (χ2n) is 4.83. The Hall–Kier alpha value is -2.34. The molecule has 1 heterocycles. The molecule has 0 fully saturated rings. The fourth-order valence-electron chi connectivity index (χ4n) is 2.28. The molecule has 0 amide bonds. The van der Waals surface area contributed by atoms with Gasteiger partial charge in [-0.3, -0.25) is 4.98 Å². The number of pyridine rings is 1. The predicted molar refractivity (Wildman–Crippen MR) is 75.0 cm³/mol. The lowest BCUT2D eigenvalue weighted by atomic mass is 9.91. The van der Waals surface area contributed by atoms with Crippen LogP contribution in [0.15, 0.2) is 18.3 Å². The fraction of sp³-hybridized carbons (Fsp3) is 0.250. The number of aryl methyl sites for hydroxylation is 2. The summed E-state index contributed by atoms with van der Waals surface area (Å²) in [7, 11) is 0. The van der Waals surface area contributed by atoms with Crippen LogP contribution in [0.1, 0.15) is 27.8 Å². The van der Waals surface area contributed by atoms with Gasteiger partial charge in [-0.1, -0.05) is 6.07 Å². The maximum atomic E-state index is 9.54. The van der Waals surface area contributed by atoms with Gasteiger partial charge in [-0.05, 0) is 56.0 Å². The van der Waals surface area contributed by atoms with Gasteiger partial charge in [0.25, 0.3) is 0 Å². The normalized spacial score (nSPS) is 10.3. The van der Waals surface area contributed by atoms with Gasteiger partial charge >= 0.3 is 0 Å². The Kier molecular flexibility index (Phi) is 3.26. The Morgan fingerprint density at radius 1 is 1.05 bits per heavy atom. The Labute approximate surface area is 113 Å². The molecule has 0 spiro atoms. The highest BCUT2D eigenvalue weighted by Gasteiger charge is 2.13. The van der Waals surface area contributed by atoms with Crippen molar-refractivity contribution < 1.29 is 5.11 Å². The molecule has 0 aliphatic heterocycles. The largest absolute Gasteiger partial charge is 0.505 e. The lowest BCUT2D eigenvalue weighted by Gasteiger charge is -2.15. The first-order valence-electron chi connectivity index (χ1n) is 6.12. The molecule has 0 radical (unpaired) electrons. The molecule has 2 rings (SSSR count). The van der Waals surface area contributed by atoms with E-state index in [2.05, 4.69) is 38.7 Å². The van der Waals surface area contributed by atoms with Crippen molar-refractivity contribution in [3.63, 3.8) is 0 Å². The summed E-state index contributed by atoms with van der Waals surface area (Å²) < 4.78 is 0. The molecule has 3 nitrogen and oxygen atoms in total. The molecule has 0 unspecified atom stereocenters. The van der Waals surface area contributed by atoms with Gasteiger partial charge in [-0.2, -0.15) is 5.26 Å². The van der Waals surface area contributed by atoms with Crippen LogP contribution in [-0.4, -0.2) is 10.1 Å². The highest BCUT2D eigenvalue weighted by molar-refractivity contribution is 5.72. The third-order valence-electron chi connectivity index (χ3n) is 3.63. The average molecular weight is 252 g/mol. The van der Waals surface area contributed by atoms with E-state index in [-0.39, 0.29) is 11.3 Å². The molecule has 0 aliphatic carbocycles. The molecule has 0 saturated carbocycles. The first-order valence-corrected chi connectivity index (χ1v) is 6.12. The minimum absolute atomic E-state index is 0.0778. The molecule has 0 aliphatic rings. The minimum Gasteiger partial charge on any atom is -0.505 e. The van der Waals surface area contributed by atoms with Crippen molar-refractivity contribution in [1.29, 1.82) is 5.26 Å². The van der Waals surface area contributed by atoms with E-state index >= 15 is 0 Å². The molecule has 2 aromatic rings. The van der Waals surface area contributed by atoms with Crippen molar-refractivity contribution in [3.8, 4) is 23.1 Å². The van der Waals surface area contributed by atoms with Crippen LogP contribution >= 0.6 is 0 Å². The summed E-state index contributed by atoms with van der Waals surface area (Å²) in [6, 6.07) is 5.78. The summed E-state index contributed by atoms with van der Waals surface area (Å²) in [4.78, 5) is 4.26. The fourth-order valence-corrected chi connectivity index (χ4v) is 2.28. The third kappa shape index (κ3) is 2.17. The number of nitriles is 1. The quantitative estimate of drug-likeness (QED) is 0.844. The van der Waals surface area contributed by atoms with Crippen LogP contribution in [0, 0.1) is 39.0 Å². The Morgan fingerprint density at radius 2 is 1.63 bits per heavy atom. The standard InChI is InChI=1S/C16H16N2O/c1-9-5-10(2)12(4)16(11(9)3)14-6-13(7-17)15(19)8-18-14/h5-6,8,19H,1-4H3. The zero-order chi connectivity index (χ0) is 14.2. The van der Waals surface area contributed by atoms with Gasteiger partial charge in [0, 0.05) is 5.56 Å². The zero-order valence-corrected chi connectivity index (χ0v) is 11.6. The van der Waals surface area contributed by atoms with Gasteiger partial charge in [-0.25, -0.2) is 0 Å². The maximum absolute atomic E-state index is 9.54. The van der Waals surface area contributed by atoms with E-state index in [0.29, 0.717) is 0 Å². The average Bonchev–Trinajstić information content (AvgIpc) is 2.38. The lowest BCUT2D eigenvalue weighted by Crippen LogP contribution is -1.97. The molecule has 1 aromatic carbocycles. The summed E-state index contributed by atoms with van der Waals surface area (Å²) in [5, 5.41) is 18.5. The van der Waals surface area contributed by atoms with Gasteiger partial charge in [0.05, 0.1) is 17.5 Å². The summed E-state index contributed by atoms with van der Waals surface area (Å²) >= 11 is 0. The van der Waals surface area contributed by atoms with E-state index < -0.39 is 0 Å². The summed E-state index contributed by atoms with van der Waals surface area (Å²) in [6.07, 6.45) is 1.34. The number of benzene rings is 1. The second kappa shape index (κ2) is 4.74. The van der Waals surface area contributed by atoms with Crippen molar-refractivity contribution in [2.75, 3.05) is 0 Å². The highest BCUT2D eigenvalue weighted by atomic mass is 16.3. The zero-order valence-electron chi connectivity index (χ0n) is 11.6. The first kappa shape index (κ1) is 13.1. The van der Waals surface area contributed by atoms with Crippen LogP contribution in [0.5, 0.6) is 5.75 Å². The van der Waals surface area contributed by atoms with Crippen LogP contribution in [0.4, 0.5) is 0 Å². The lowest BCUT2D eigenvalue weighted by molar-refractivity contribution is 0.471. The van der Waals surface area contributed by atoms with E-state index in [1.807, 2.05) is 6.07 Å². The van der Waals surface area contributed by atoms with Crippen molar-refractivity contribution in [2.24, 2.45) is 0 Å². The van der Waals surface area contributed by atoms with Crippen LogP contribution in [0.3, 0.4) is 0 Å². The number of hydrogen-bond donors (Lipinski definition) is 1. The molecular formula is C16H16N2O. The molecule has 96 valence electrons. The van der Waals surface area contributed by atoms with Crippen molar-refractivity contribution in [1.82, 2.24) is 4.98 Å². The Morgan fingerprint density at radius 3 is 2.16 bits per heavy atom. The molecule has 3 heteroatoms. The SMILES string of the molecule is Cc1cc(C)c(C)c(-c2cc(C#N)c(O)cn2)c1C.